The second-order valence-corrected chi connectivity index (χ2v) is 8.89. The standard InChI is InChI=1S/C22H24FN5S/c1-13-11-28-12-16(9-19(28)14(2)25-13)15-8-18(23)21-20(10-15)29-22(26-21)27(3)17-4-6-24-7-5-17/h8-12,17,24H,4-7H2,1-3H3. The summed E-state index contributed by atoms with van der Waals surface area (Å²) in [6.45, 7) is 6.03. The van der Waals surface area contributed by atoms with Gasteiger partial charge in [0.15, 0.2) is 10.9 Å². The molecule has 0 amide bonds. The van der Waals surface area contributed by atoms with Crippen LogP contribution in [-0.4, -0.2) is 40.5 Å². The van der Waals surface area contributed by atoms with Crippen molar-refractivity contribution in [1.29, 1.82) is 0 Å². The first-order chi connectivity index (χ1) is 14.0. The van der Waals surface area contributed by atoms with Gasteiger partial charge in [-0.25, -0.2) is 9.37 Å². The van der Waals surface area contributed by atoms with Crippen LogP contribution in [-0.2, 0) is 0 Å². The molecule has 150 valence electrons. The van der Waals surface area contributed by atoms with Crippen LogP contribution >= 0.6 is 11.3 Å². The van der Waals surface area contributed by atoms with Gasteiger partial charge in [-0.2, -0.15) is 0 Å². The van der Waals surface area contributed by atoms with Gasteiger partial charge < -0.3 is 14.6 Å². The maximum Gasteiger partial charge on any atom is 0.186 e. The number of halogens is 1. The minimum absolute atomic E-state index is 0.264. The lowest BCUT2D eigenvalue weighted by Crippen LogP contribution is -2.41. The predicted octanol–water partition coefficient (Wildman–Crippen LogP) is 4.56. The van der Waals surface area contributed by atoms with E-state index in [4.69, 9.17) is 0 Å². The van der Waals surface area contributed by atoms with Crippen LogP contribution in [0.15, 0.2) is 30.6 Å². The van der Waals surface area contributed by atoms with Crippen molar-refractivity contribution in [3.8, 4) is 11.1 Å². The molecule has 1 aliphatic heterocycles. The van der Waals surface area contributed by atoms with Gasteiger partial charge >= 0.3 is 0 Å². The highest BCUT2D eigenvalue weighted by molar-refractivity contribution is 7.22. The Bertz CT molecular complexity index is 1210. The van der Waals surface area contributed by atoms with Gasteiger partial charge in [0.2, 0.25) is 0 Å². The van der Waals surface area contributed by atoms with Crippen LogP contribution < -0.4 is 10.2 Å². The van der Waals surface area contributed by atoms with Crippen LogP contribution in [0.3, 0.4) is 0 Å². The average molecular weight is 410 g/mol. The van der Waals surface area contributed by atoms with E-state index in [9.17, 15) is 4.39 Å². The molecule has 4 heterocycles. The molecule has 0 saturated carbocycles. The molecule has 1 aliphatic rings. The predicted molar refractivity (Wildman–Crippen MR) is 118 cm³/mol. The van der Waals surface area contributed by atoms with Crippen molar-refractivity contribution in [2.75, 3.05) is 25.0 Å². The molecule has 0 bridgehead atoms. The van der Waals surface area contributed by atoms with E-state index >= 15 is 0 Å². The SMILES string of the molecule is Cc1cn2cc(-c3cc(F)c4nc(N(C)C5CCNCC5)sc4c3)cc2c(C)n1. The van der Waals surface area contributed by atoms with Crippen molar-refractivity contribution in [3.63, 3.8) is 0 Å². The fourth-order valence-electron chi connectivity index (χ4n) is 4.23. The molecule has 0 unspecified atom stereocenters. The molecule has 1 N–H and O–H groups in total. The molecule has 0 radical (unpaired) electrons. The van der Waals surface area contributed by atoms with E-state index in [-0.39, 0.29) is 5.82 Å². The Morgan fingerprint density at radius 1 is 1.10 bits per heavy atom. The third-order valence-corrected chi connectivity index (χ3v) is 6.91. The zero-order valence-corrected chi connectivity index (χ0v) is 17.7. The fraction of sp³-hybridized carbons (Fsp3) is 0.364. The molecule has 4 aromatic rings. The number of anilines is 1. The van der Waals surface area contributed by atoms with E-state index in [1.807, 2.05) is 26.2 Å². The normalized spacial score (nSPS) is 15.4. The summed E-state index contributed by atoms with van der Waals surface area (Å²) >= 11 is 1.57. The highest BCUT2D eigenvalue weighted by atomic mass is 32.1. The minimum Gasteiger partial charge on any atom is -0.348 e. The summed E-state index contributed by atoms with van der Waals surface area (Å²) in [4.78, 5) is 11.4. The van der Waals surface area contributed by atoms with Gasteiger partial charge in [0.05, 0.1) is 21.6 Å². The molecular formula is C22H24FN5S. The molecule has 1 aromatic carbocycles. The first kappa shape index (κ1) is 18.5. The van der Waals surface area contributed by atoms with Gasteiger partial charge in [0.1, 0.15) is 5.52 Å². The minimum atomic E-state index is -0.264. The maximum absolute atomic E-state index is 14.9. The van der Waals surface area contributed by atoms with Crippen LogP contribution in [0, 0.1) is 19.7 Å². The number of rotatable bonds is 3. The molecular weight excluding hydrogens is 385 g/mol. The maximum atomic E-state index is 14.9. The van der Waals surface area contributed by atoms with Gasteiger partial charge in [-0.05, 0) is 63.5 Å². The molecule has 1 saturated heterocycles. The number of nitrogens with zero attached hydrogens (tertiary/aromatic N) is 4. The van der Waals surface area contributed by atoms with E-state index in [0.717, 1.165) is 63.8 Å². The lowest BCUT2D eigenvalue weighted by atomic mass is 10.1. The number of hydrogen-bond acceptors (Lipinski definition) is 5. The molecule has 3 aromatic heterocycles. The zero-order valence-electron chi connectivity index (χ0n) is 16.9. The molecule has 5 rings (SSSR count). The summed E-state index contributed by atoms with van der Waals surface area (Å²) in [5, 5.41) is 4.28. The summed E-state index contributed by atoms with van der Waals surface area (Å²) in [7, 11) is 2.07. The topological polar surface area (TPSA) is 45.5 Å². The number of nitrogens with one attached hydrogen (secondary N) is 1. The van der Waals surface area contributed by atoms with E-state index in [2.05, 4.69) is 43.8 Å². The van der Waals surface area contributed by atoms with E-state index in [1.165, 1.54) is 0 Å². The second kappa shape index (κ2) is 7.07. The third kappa shape index (κ3) is 3.28. The summed E-state index contributed by atoms with van der Waals surface area (Å²) in [5.41, 5.74) is 5.31. The van der Waals surface area contributed by atoms with Crippen LogP contribution in [0.25, 0.3) is 26.9 Å². The van der Waals surface area contributed by atoms with Crippen LogP contribution in [0.2, 0.25) is 0 Å². The Balaban J connectivity index is 1.55. The highest BCUT2D eigenvalue weighted by Crippen LogP contribution is 2.35. The monoisotopic (exact) mass is 409 g/mol. The van der Waals surface area contributed by atoms with E-state index < -0.39 is 0 Å². The first-order valence-electron chi connectivity index (χ1n) is 9.99. The van der Waals surface area contributed by atoms with Gasteiger partial charge in [-0.3, -0.25) is 4.98 Å². The van der Waals surface area contributed by atoms with Crippen molar-refractivity contribution in [2.45, 2.75) is 32.7 Å². The lowest BCUT2D eigenvalue weighted by molar-refractivity contribution is 0.443. The number of piperidine rings is 1. The van der Waals surface area contributed by atoms with Crippen LogP contribution in [0.4, 0.5) is 9.52 Å². The highest BCUT2D eigenvalue weighted by Gasteiger charge is 2.22. The Morgan fingerprint density at radius 3 is 2.69 bits per heavy atom. The number of fused-ring (bicyclic) bond motifs is 2. The van der Waals surface area contributed by atoms with Gasteiger partial charge in [0.25, 0.3) is 0 Å². The number of thiazole rings is 1. The molecule has 1 fully saturated rings. The number of hydrogen-bond donors (Lipinski definition) is 1. The smallest absolute Gasteiger partial charge is 0.186 e. The average Bonchev–Trinajstić information content (AvgIpc) is 3.33. The molecule has 7 heteroatoms. The van der Waals surface area contributed by atoms with Crippen molar-refractivity contribution < 1.29 is 4.39 Å². The lowest BCUT2D eigenvalue weighted by Gasteiger charge is -2.31. The second-order valence-electron chi connectivity index (χ2n) is 7.88. The largest absolute Gasteiger partial charge is 0.348 e. The van der Waals surface area contributed by atoms with Crippen molar-refractivity contribution in [3.05, 3.63) is 47.8 Å². The molecule has 0 atom stereocenters. The summed E-state index contributed by atoms with van der Waals surface area (Å²) in [5.74, 6) is -0.264. The van der Waals surface area contributed by atoms with Gasteiger partial charge in [0, 0.05) is 31.0 Å². The Morgan fingerprint density at radius 2 is 1.90 bits per heavy atom. The van der Waals surface area contributed by atoms with E-state index in [1.54, 1.807) is 17.4 Å². The van der Waals surface area contributed by atoms with Gasteiger partial charge in [-0.15, -0.1) is 0 Å². The van der Waals surface area contributed by atoms with Crippen molar-refractivity contribution >= 4 is 32.2 Å². The summed E-state index contributed by atoms with van der Waals surface area (Å²) < 4.78 is 17.9. The molecule has 5 nitrogen and oxygen atoms in total. The van der Waals surface area contributed by atoms with Crippen LogP contribution in [0.1, 0.15) is 24.2 Å². The third-order valence-electron chi connectivity index (χ3n) is 5.82. The Hall–Kier alpha value is -2.51. The van der Waals surface area contributed by atoms with E-state index in [0.29, 0.717) is 11.6 Å². The zero-order chi connectivity index (χ0) is 20.1. The van der Waals surface area contributed by atoms with Crippen LogP contribution in [0.5, 0.6) is 0 Å². The number of aromatic nitrogens is 3. The van der Waals surface area contributed by atoms with Gasteiger partial charge in [-0.1, -0.05) is 11.3 Å². The number of aryl methyl sites for hydroxylation is 2. The number of benzene rings is 1. The summed E-state index contributed by atoms with van der Waals surface area (Å²) in [6.07, 6.45) is 6.22. The molecule has 0 spiro atoms. The van der Waals surface area contributed by atoms with Crippen molar-refractivity contribution in [2.24, 2.45) is 0 Å². The molecule has 0 aliphatic carbocycles. The molecule has 29 heavy (non-hydrogen) atoms. The van der Waals surface area contributed by atoms with Crippen molar-refractivity contribution in [1.82, 2.24) is 19.7 Å². The fourth-order valence-corrected chi connectivity index (χ4v) is 5.28. The Kier molecular flexibility index (Phi) is 4.52. The first-order valence-corrected chi connectivity index (χ1v) is 10.8. The quantitative estimate of drug-likeness (QED) is 0.539. The summed E-state index contributed by atoms with van der Waals surface area (Å²) in [6, 6.07) is 6.18. The Labute approximate surface area is 173 Å².